The summed E-state index contributed by atoms with van der Waals surface area (Å²) in [5.74, 6) is -0.877. The van der Waals surface area contributed by atoms with Crippen molar-refractivity contribution >= 4 is 19.8 Å². The van der Waals surface area contributed by atoms with Gasteiger partial charge in [0, 0.05) is 19.4 Å². The molecule has 0 aromatic carbocycles. The monoisotopic (exact) mass is 735 g/mol. The van der Waals surface area contributed by atoms with E-state index in [1.807, 2.05) is 0 Å². The summed E-state index contributed by atoms with van der Waals surface area (Å²) < 4.78 is 32.6. The van der Waals surface area contributed by atoms with E-state index < -0.39 is 32.5 Å². The Kier molecular flexibility index (Phi) is 35.4. The van der Waals surface area contributed by atoms with Crippen LogP contribution < -0.4 is 5.73 Å². The zero-order chi connectivity index (χ0) is 37.5. The Hall–Kier alpha value is -2.55. The molecular formula is C41H70NO8P. The van der Waals surface area contributed by atoms with Gasteiger partial charge in [0.05, 0.1) is 13.2 Å². The molecule has 1 unspecified atom stereocenters. The summed E-state index contributed by atoms with van der Waals surface area (Å²) in [6.07, 6.45) is 43.6. The summed E-state index contributed by atoms with van der Waals surface area (Å²) in [7, 11) is -4.39. The summed E-state index contributed by atoms with van der Waals surface area (Å²) >= 11 is 0. The number of rotatable bonds is 35. The number of carbonyl (C=O) groups excluding carboxylic acids is 2. The molecule has 10 heteroatoms. The second kappa shape index (κ2) is 37.2. The molecule has 0 saturated heterocycles. The predicted octanol–water partition coefficient (Wildman–Crippen LogP) is 10.7. The number of phosphoric acid groups is 1. The Balaban J connectivity index is 4.29. The minimum Gasteiger partial charge on any atom is -0.462 e. The van der Waals surface area contributed by atoms with Crippen LogP contribution in [-0.4, -0.2) is 49.3 Å². The standard InChI is InChI=1S/C41H70NO8P/c1-3-5-7-9-11-13-15-17-19-21-23-25-27-29-31-33-40(43)47-37-39(38-49-51(45,46)48-36-35-42)50-41(44)34-32-30-28-26-24-22-20-18-16-14-12-10-8-6-4-2/h5-8,11-14,17-20,39H,3-4,9-10,15-16,21-38,42H2,1-2H3,(H,45,46)/b7-5-,8-6-,13-11-,14-12-,19-17-,20-18-/t39-/m1/s1. The van der Waals surface area contributed by atoms with Gasteiger partial charge in [-0.1, -0.05) is 125 Å². The molecule has 0 rings (SSSR count). The maximum Gasteiger partial charge on any atom is 0.472 e. The largest absolute Gasteiger partial charge is 0.472 e. The van der Waals surface area contributed by atoms with Crippen LogP contribution in [-0.2, 0) is 32.7 Å². The lowest BCUT2D eigenvalue weighted by atomic mass is 10.1. The SMILES string of the molecule is CC/C=C\C/C=C\C/C=C\CCCCCCCC(=O)OC[C@H](COP(=O)(O)OCCN)OC(=O)CCCCCCC/C=C\C/C=C\C/C=C\CC. The Morgan fingerprint density at radius 1 is 0.588 bits per heavy atom. The van der Waals surface area contributed by atoms with Crippen molar-refractivity contribution in [1.29, 1.82) is 0 Å². The first-order valence-electron chi connectivity index (χ1n) is 19.4. The molecule has 0 bridgehead atoms. The number of ether oxygens (including phenoxy) is 2. The lowest BCUT2D eigenvalue weighted by molar-refractivity contribution is -0.161. The van der Waals surface area contributed by atoms with Gasteiger partial charge in [0.15, 0.2) is 6.10 Å². The fraction of sp³-hybridized carbons (Fsp3) is 0.659. The highest BCUT2D eigenvalue weighted by molar-refractivity contribution is 7.47. The summed E-state index contributed by atoms with van der Waals surface area (Å²) in [4.78, 5) is 34.7. The van der Waals surface area contributed by atoms with Gasteiger partial charge in [-0.2, -0.15) is 0 Å². The third-order valence-electron chi connectivity index (χ3n) is 7.59. The molecule has 2 atom stereocenters. The summed E-state index contributed by atoms with van der Waals surface area (Å²) in [5, 5.41) is 0. The van der Waals surface area contributed by atoms with Gasteiger partial charge in [-0.05, 0) is 77.0 Å². The van der Waals surface area contributed by atoms with E-state index in [1.54, 1.807) is 0 Å². The molecular weight excluding hydrogens is 665 g/mol. The minimum absolute atomic E-state index is 0.0438. The summed E-state index contributed by atoms with van der Waals surface area (Å²) in [6, 6.07) is 0. The zero-order valence-electron chi connectivity index (χ0n) is 31.8. The average Bonchev–Trinajstić information content (AvgIpc) is 3.11. The number of hydrogen-bond donors (Lipinski definition) is 2. The molecule has 292 valence electrons. The number of phosphoric ester groups is 1. The Labute approximate surface area is 310 Å². The molecule has 0 spiro atoms. The molecule has 9 nitrogen and oxygen atoms in total. The lowest BCUT2D eigenvalue weighted by Gasteiger charge is -2.19. The van der Waals surface area contributed by atoms with E-state index in [0.717, 1.165) is 103 Å². The highest BCUT2D eigenvalue weighted by Gasteiger charge is 2.25. The third-order valence-corrected chi connectivity index (χ3v) is 8.57. The van der Waals surface area contributed by atoms with E-state index in [1.165, 1.54) is 0 Å². The van der Waals surface area contributed by atoms with E-state index in [9.17, 15) is 19.0 Å². The fourth-order valence-corrected chi connectivity index (χ4v) is 5.54. The quantitative estimate of drug-likeness (QED) is 0.0282. The van der Waals surface area contributed by atoms with E-state index in [4.69, 9.17) is 24.3 Å². The van der Waals surface area contributed by atoms with Crippen molar-refractivity contribution < 1.29 is 37.6 Å². The van der Waals surface area contributed by atoms with Crippen LogP contribution in [0.5, 0.6) is 0 Å². The average molecular weight is 736 g/mol. The molecule has 0 saturated carbocycles. The maximum absolute atomic E-state index is 12.5. The highest BCUT2D eigenvalue weighted by Crippen LogP contribution is 2.43. The van der Waals surface area contributed by atoms with Crippen LogP contribution >= 0.6 is 7.82 Å². The maximum atomic E-state index is 12.5. The molecule has 0 fully saturated rings. The second-order valence-electron chi connectivity index (χ2n) is 12.4. The predicted molar refractivity (Wildman–Crippen MR) is 210 cm³/mol. The Morgan fingerprint density at radius 3 is 1.51 bits per heavy atom. The molecule has 0 heterocycles. The van der Waals surface area contributed by atoms with Crippen LogP contribution in [0.1, 0.15) is 142 Å². The molecule has 0 amide bonds. The minimum atomic E-state index is -4.39. The zero-order valence-corrected chi connectivity index (χ0v) is 32.7. The first kappa shape index (κ1) is 48.5. The Bertz CT molecular complexity index is 1070. The first-order valence-corrected chi connectivity index (χ1v) is 20.9. The topological polar surface area (TPSA) is 134 Å². The van der Waals surface area contributed by atoms with Gasteiger partial charge in [0.1, 0.15) is 6.61 Å². The number of unbranched alkanes of at least 4 members (excludes halogenated alkanes) is 10. The van der Waals surface area contributed by atoms with Crippen molar-refractivity contribution in [2.75, 3.05) is 26.4 Å². The molecule has 0 aliphatic carbocycles. The van der Waals surface area contributed by atoms with Gasteiger partial charge in [-0.25, -0.2) is 4.57 Å². The van der Waals surface area contributed by atoms with Gasteiger partial charge in [0.2, 0.25) is 0 Å². The number of esters is 2. The van der Waals surface area contributed by atoms with Gasteiger partial charge < -0.3 is 20.1 Å². The summed E-state index contributed by atoms with van der Waals surface area (Å²) in [5.41, 5.74) is 5.33. The Morgan fingerprint density at radius 2 is 1.02 bits per heavy atom. The van der Waals surface area contributed by atoms with Crippen LogP contribution in [0.25, 0.3) is 0 Å². The van der Waals surface area contributed by atoms with Gasteiger partial charge >= 0.3 is 19.8 Å². The van der Waals surface area contributed by atoms with Gasteiger partial charge in [-0.15, -0.1) is 0 Å². The van der Waals surface area contributed by atoms with Crippen LogP contribution in [0, 0.1) is 0 Å². The van der Waals surface area contributed by atoms with Gasteiger partial charge in [-0.3, -0.25) is 18.6 Å². The van der Waals surface area contributed by atoms with Gasteiger partial charge in [0.25, 0.3) is 0 Å². The van der Waals surface area contributed by atoms with Crippen LogP contribution in [0.3, 0.4) is 0 Å². The van der Waals surface area contributed by atoms with E-state index in [0.29, 0.717) is 12.8 Å². The number of nitrogens with two attached hydrogens (primary N) is 1. The molecule has 3 N–H and O–H groups in total. The molecule has 0 aliphatic heterocycles. The molecule has 0 aliphatic rings. The molecule has 51 heavy (non-hydrogen) atoms. The van der Waals surface area contributed by atoms with Crippen LogP contribution in [0.4, 0.5) is 0 Å². The summed E-state index contributed by atoms with van der Waals surface area (Å²) in [6.45, 7) is 3.44. The highest BCUT2D eigenvalue weighted by atomic mass is 31.2. The van der Waals surface area contributed by atoms with Crippen molar-refractivity contribution in [2.45, 2.75) is 148 Å². The lowest BCUT2D eigenvalue weighted by Crippen LogP contribution is -2.29. The number of allylic oxidation sites excluding steroid dienone is 12. The molecule has 0 radical (unpaired) electrons. The molecule has 0 aromatic rings. The van der Waals surface area contributed by atoms with E-state index in [-0.39, 0.29) is 32.6 Å². The number of carbonyl (C=O) groups is 2. The first-order chi connectivity index (χ1) is 24.8. The normalized spacial score (nSPS) is 14.2. The van der Waals surface area contributed by atoms with Crippen LogP contribution in [0.15, 0.2) is 72.9 Å². The van der Waals surface area contributed by atoms with E-state index in [2.05, 4.69) is 86.8 Å². The number of hydrogen-bond acceptors (Lipinski definition) is 8. The van der Waals surface area contributed by atoms with Crippen molar-refractivity contribution in [3.05, 3.63) is 72.9 Å². The second-order valence-corrected chi connectivity index (χ2v) is 13.8. The van der Waals surface area contributed by atoms with Crippen molar-refractivity contribution in [3.8, 4) is 0 Å². The third kappa shape index (κ3) is 37.0. The van der Waals surface area contributed by atoms with E-state index >= 15 is 0 Å². The van der Waals surface area contributed by atoms with Crippen molar-refractivity contribution in [3.63, 3.8) is 0 Å². The fourth-order valence-electron chi connectivity index (χ4n) is 4.78. The smallest absolute Gasteiger partial charge is 0.462 e. The van der Waals surface area contributed by atoms with Crippen LogP contribution in [0.2, 0.25) is 0 Å². The van der Waals surface area contributed by atoms with Crippen molar-refractivity contribution in [2.24, 2.45) is 5.73 Å². The molecule has 0 aromatic heterocycles. The van der Waals surface area contributed by atoms with Crippen molar-refractivity contribution in [1.82, 2.24) is 0 Å².